The zero-order chi connectivity index (χ0) is 13.6. The number of hydrogen-bond donors (Lipinski definition) is 2. The first kappa shape index (κ1) is 14.6. The molecule has 0 saturated heterocycles. The lowest BCUT2D eigenvalue weighted by molar-refractivity contribution is 0.477. The first-order valence-corrected chi connectivity index (χ1v) is 7.19. The summed E-state index contributed by atoms with van der Waals surface area (Å²) in [6, 6.07) is 5.41. The molecule has 0 saturated carbocycles. The quantitative estimate of drug-likeness (QED) is 0.546. The third kappa shape index (κ3) is 4.80. The van der Waals surface area contributed by atoms with Gasteiger partial charge in [-0.25, -0.2) is 12.7 Å². The minimum Gasteiger partial charge on any atom is -0.388 e. The van der Waals surface area contributed by atoms with Crippen LogP contribution in [-0.4, -0.2) is 42.9 Å². The number of rotatable bonds is 7. The summed E-state index contributed by atoms with van der Waals surface area (Å²) in [7, 11) is -1.82. The summed E-state index contributed by atoms with van der Waals surface area (Å²) in [5, 5.41) is 7.07. The molecular formula is C11H18N4O2S. The summed E-state index contributed by atoms with van der Waals surface area (Å²) in [4.78, 5) is 4.08. The Morgan fingerprint density at radius 3 is 2.78 bits per heavy atom. The van der Waals surface area contributed by atoms with E-state index in [0.29, 0.717) is 6.42 Å². The Bertz CT molecular complexity index is 487. The van der Waals surface area contributed by atoms with Gasteiger partial charge in [-0.05, 0) is 12.1 Å². The lowest BCUT2D eigenvalue weighted by Gasteiger charge is -2.16. The zero-order valence-electron chi connectivity index (χ0n) is 10.3. The molecule has 0 fully saturated rings. The van der Waals surface area contributed by atoms with Crippen molar-refractivity contribution < 1.29 is 8.42 Å². The van der Waals surface area contributed by atoms with E-state index in [1.54, 1.807) is 18.3 Å². The molecule has 1 rings (SSSR count). The van der Waals surface area contributed by atoms with E-state index in [1.807, 2.05) is 6.07 Å². The summed E-state index contributed by atoms with van der Waals surface area (Å²) in [5.41, 5.74) is 5.95. The van der Waals surface area contributed by atoms with Crippen LogP contribution in [0, 0.1) is 5.41 Å². The molecule has 0 spiro atoms. The van der Waals surface area contributed by atoms with E-state index in [9.17, 15) is 8.42 Å². The highest BCUT2D eigenvalue weighted by Crippen LogP contribution is 2.03. The van der Waals surface area contributed by atoms with Crippen molar-refractivity contribution in [3.8, 4) is 0 Å². The van der Waals surface area contributed by atoms with Crippen LogP contribution in [0.15, 0.2) is 24.4 Å². The Morgan fingerprint density at radius 1 is 1.50 bits per heavy atom. The van der Waals surface area contributed by atoms with Crippen LogP contribution in [0.4, 0.5) is 0 Å². The van der Waals surface area contributed by atoms with E-state index in [4.69, 9.17) is 11.1 Å². The normalized spacial score (nSPS) is 11.7. The SMILES string of the molecule is CN(CCC(=N)N)S(=O)(=O)CCc1ccccn1. The summed E-state index contributed by atoms with van der Waals surface area (Å²) < 4.78 is 25.0. The van der Waals surface area contributed by atoms with Crippen molar-refractivity contribution >= 4 is 15.9 Å². The van der Waals surface area contributed by atoms with Gasteiger partial charge in [0, 0.05) is 38.3 Å². The second-order valence-corrected chi connectivity index (χ2v) is 6.18. The van der Waals surface area contributed by atoms with Crippen LogP contribution < -0.4 is 5.73 Å². The van der Waals surface area contributed by atoms with Crippen LogP contribution in [0.1, 0.15) is 12.1 Å². The Balaban J connectivity index is 2.51. The number of amidine groups is 1. The predicted octanol–water partition coefficient (Wildman–Crippen LogP) is 0.212. The molecule has 1 heterocycles. The minimum atomic E-state index is -3.31. The van der Waals surface area contributed by atoms with Crippen molar-refractivity contribution in [3.05, 3.63) is 30.1 Å². The van der Waals surface area contributed by atoms with Gasteiger partial charge in [-0.3, -0.25) is 10.4 Å². The van der Waals surface area contributed by atoms with Gasteiger partial charge in [0.1, 0.15) is 0 Å². The van der Waals surface area contributed by atoms with Crippen molar-refractivity contribution in [3.63, 3.8) is 0 Å². The first-order valence-electron chi connectivity index (χ1n) is 5.58. The molecular weight excluding hydrogens is 252 g/mol. The van der Waals surface area contributed by atoms with E-state index in [1.165, 1.54) is 11.4 Å². The highest BCUT2D eigenvalue weighted by molar-refractivity contribution is 7.89. The lowest BCUT2D eigenvalue weighted by Crippen LogP contribution is -2.32. The average molecular weight is 270 g/mol. The molecule has 3 N–H and O–H groups in total. The highest BCUT2D eigenvalue weighted by atomic mass is 32.2. The molecule has 18 heavy (non-hydrogen) atoms. The maximum Gasteiger partial charge on any atom is 0.214 e. The molecule has 0 bridgehead atoms. The van der Waals surface area contributed by atoms with Crippen molar-refractivity contribution in [2.24, 2.45) is 5.73 Å². The third-order valence-corrected chi connectivity index (χ3v) is 4.37. The number of aryl methyl sites for hydroxylation is 1. The van der Waals surface area contributed by atoms with Crippen LogP contribution >= 0.6 is 0 Å². The van der Waals surface area contributed by atoms with Crippen LogP contribution in [-0.2, 0) is 16.4 Å². The van der Waals surface area contributed by atoms with Gasteiger partial charge in [-0.1, -0.05) is 6.07 Å². The number of sulfonamides is 1. The molecule has 100 valence electrons. The second-order valence-electron chi connectivity index (χ2n) is 3.98. The molecule has 6 nitrogen and oxygen atoms in total. The molecule has 0 aliphatic heterocycles. The summed E-state index contributed by atoms with van der Waals surface area (Å²) in [6.45, 7) is 0.236. The fraction of sp³-hybridized carbons (Fsp3) is 0.455. The monoisotopic (exact) mass is 270 g/mol. The van der Waals surface area contributed by atoms with Crippen LogP contribution in [0.25, 0.3) is 0 Å². The molecule has 0 atom stereocenters. The Labute approximate surface area is 107 Å². The highest BCUT2D eigenvalue weighted by Gasteiger charge is 2.17. The topological polar surface area (TPSA) is 100 Å². The van der Waals surface area contributed by atoms with E-state index >= 15 is 0 Å². The maximum absolute atomic E-state index is 11.9. The second kappa shape index (κ2) is 6.46. The number of nitrogens with zero attached hydrogens (tertiary/aromatic N) is 2. The molecule has 0 radical (unpaired) electrons. The van der Waals surface area contributed by atoms with E-state index in [-0.39, 0.29) is 24.6 Å². The molecule has 7 heteroatoms. The molecule has 0 amide bonds. The predicted molar refractivity (Wildman–Crippen MR) is 70.9 cm³/mol. The Hall–Kier alpha value is -1.47. The zero-order valence-corrected chi connectivity index (χ0v) is 11.2. The summed E-state index contributed by atoms with van der Waals surface area (Å²) in [6.07, 6.45) is 2.27. The standard InChI is InChI=1S/C11H18N4O2S/c1-15(8-5-11(12)13)18(16,17)9-6-10-4-2-3-7-14-10/h2-4,7H,5-6,8-9H2,1H3,(H3,12,13). The van der Waals surface area contributed by atoms with E-state index in [2.05, 4.69) is 4.98 Å². The third-order valence-electron chi connectivity index (χ3n) is 2.51. The number of hydrogen-bond acceptors (Lipinski definition) is 4. The first-order chi connectivity index (χ1) is 8.42. The Morgan fingerprint density at radius 2 is 2.22 bits per heavy atom. The van der Waals surface area contributed by atoms with Gasteiger partial charge in [0.2, 0.25) is 10.0 Å². The fourth-order valence-corrected chi connectivity index (χ4v) is 2.50. The molecule has 1 aromatic heterocycles. The number of pyridine rings is 1. The van der Waals surface area contributed by atoms with Gasteiger partial charge in [-0.15, -0.1) is 0 Å². The van der Waals surface area contributed by atoms with Crippen molar-refractivity contribution in [1.29, 1.82) is 5.41 Å². The minimum absolute atomic E-state index is 0.0122. The number of nitrogens with one attached hydrogen (secondary N) is 1. The molecule has 0 aromatic carbocycles. The molecule has 0 unspecified atom stereocenters. The maximum atomic E-state index is 11.9. The van der Waals surface area contributed by atoms with Crippen molar-refractivity contribution in [2.75, 3.05) is 19.3 Å². The smallest absolute Gasteiger partial charge is 0.214 e. The fourth-order valence-electron chi connectivity index (χ4n) is 1.35. The van der Waals surface area contributed by atoms with Gasteiger partial charge < -0.3 is 5.73 Å². The van der Waals surface area contributed by atoms with E-state index < -0.39 is 10.0 Å². The summed E-state index contributed by atoms with van der Waals surface area (Å²) >= 11 is 0. The lowest BCUT2D eigenvalue weighted by atomic mass is 10.3. The van der Waals surface area contributed by atoms with Crippen LogP contribution in [0.5, 0.6) is 0 Å². The van der Waals surface area contributed by atoms with Crippen LogP contribution in [0.3, 0.4) is 0 Å². The van der Waals surface area contributed by atoms with Crippen molar-refractivity contribution in [1.82, 2.24) is 9.29 Å². The van der Waals surface area contributed by atoms with Crippen molar-refractivity contribution in [2.45, 2.75) is 12.8 Å². The van der Waals surface area contributed by atoms with Crippen LogP contribution in [0.2, 0.25) is 0 Å². The molecule has 0 aliphatic rings. The van der Waals surface area contributed by atoms with E-state index in [0.717, 1.165) is 5.69 Å². The number of aromatic nitrogens is 1. The number of nitrogens with two attached hydrogens (primary N) is 1. The molecule has 1 aromatic rings. The summed E-state index contributed by atoms with van der Waals surface area (Å²) in [5.74, 6) is 0.0000751. The van der Waals surface area contributed by atoms with Gasteiger partial charge in [-0.2, -0.15) is 0 Å². The van der Waals surface area contributed by atoms with Gasteiger partial charge >= 0.3 is 0 Å². The van der Waals surface area contributed by atoms with Gasteiger partial charge in [0.15, 0.2) is 0 Å². The van der Waals surface area contributed by atoms with Gasteiger partial charge in [0.05, 0.1) is 11.6 Å². The Kier molecular flexibility index (Phi) is 5.24. The van der Waals surface area contributed by atoms with Gasteiger partial charge in [0.25, 0.3) is 0 Å². The average Bonchev–Trinajstić information content (AvgIpc) is 2.34. The molecule has 0 aliphatic carbocycles. The largest absolute Gasteiger partial charge is 0.388 e.